The molecule has 0 saturated heterocycles. The minimum absolute atomic E-state index is 0.00455. The Hall–Kier alpha value is -1.33. The Morgan fingerprint density at radius 3 is 2.67 bits per heavy atom. The van der Waals surface area contributed by atoms with E-state index < -0.39 is 22.5 Å². The van der Waals surface area contributed by atoms with Crippen molar-refractivity contribution in [1.29, 1.82) is 0 Å². The molecule has 2 aromatic rings. The first kappa shape index (κ1) is 16.0. The molecule has 0 aliphatic rings. The number of hydrogen-bond donors (Lipinski definition) is 1. The van der Waals surface area contributed by atoms with Crippen molar-refractivity contribution >= 4 is 40.1 Å². The van der Waals surface area contributed by atoms with Gasteiger partial charge in [0, 0.05) is 12.6 Å². The number of nitrogens with two attached hydrogens (primary N) is 1. The zero-order chi connectivity index (χ0) is 15.9. The Kier molecular flexibility index (Phi) is 4.17. The monoisotopic (exact) mass is 331 g/mol. The zero-order valence-corrected chi connectivity index (χ0v) is 13.5. The molecule has 4 nitrogen and oxygen atoms in total. The van der Waals surface area contributed by atoms with E-state index in [1.165, 1.54) is 12.1 Å². The van der Waals surface area contributed by atoms with E-state index >= 15 is 0 Å². The van der Waals surface area contributed by atoms with E-state index in [0.29, 0.717) is 16.9 Å². The van der Waals surface area contributed by atoms with Gasteiger partial charge in [0.1, 0.15) is 11.6 Å². The van der Waals surface area contributed by atoms with E-state index in [1.54, 1.807) is 25.3 Å². The minimum atomic E-state index is -0.815. The topological polar surface area (TPSA) is 60.9 Å². The number of rotatable bonds is 4. The normalized spacial score (nSPS) is 13.6. The molecule has 0 aliphatic heterocycles. The lowest BCUT2D eigenvalue weighted by molar-refractivity contribution is -0.126. The summed E-state index contributed by atoms with van der Waals surface area (Å²) in [4.78, 5) is 15.9. The van der Waals surface area contributed by atoms with Crippen molar-refractivity contribution in [2.75, 3.05) is 0 Å². The van der Waals surface area contributed by atoms with Gasteiger partial charge in [0.25, 0.3) is 0 Å². The molecule has 0 spiro atoms. The van der Waals surface area contributed by atoms with Gasteiger partial charge in [-0.15, -0.1) is 11.6 Å². The van der Waals surface area contributed by atoms with Crippen LogP contribution in [0.4, 0.5) is 4.39 Å². The number of hydrogen-bond acceptors (Lipinski definition) is 2. The van der Waals surface area contributed by atoms with Gasteiger partial charge in [0.05, 0.1) is 26.8 Å². The summed E-state index contributed by atoms with van der Waals surface area (Å²) in [7, 11) is 0. The quantitative estimate of drug-likeness (QED) is 0.869. The first-order valence-electron chi connectivity index (χ1n) is 6.42. The highest BCUT2D eigenvalue weighted by atomic mass is 35.5. The molecular formula is C14H16Cl2FN3O. The molecule has 0 bridgehead atoms. The molecule has 0 aliphatic carbocycles. The summed E-state index contributed by atoms with van der Waals surface area (Å²) in [6.45, 7) is 5.45. The molecular weight excluding hydrogens is 316 g/mol. The van der Waals surface area contributed by atoms with Crippen LogP contribution in [-0.4, -0.2) is 15.5 Å². The third-order valence-electron chi connectivity index (χ3n) is 3.40. The van der Waals surface area contributed by atoms with Gasteiger partial charge in [-0.2, -0.15) is 0 Å². The largest absolute Gasteiger partial charge is 0.369 e. The first-order chi connectivity index (χ1) is 9.63. The fourth-order valence-corrected chi connectivity index (χ4v) is 2.41. The van der Waals surface area contributed by atoms with Crippen LogP contribution in [0.1, 0.15) is 32.0 Å². The van der Waals surface area contributed by atoms with Crippen LogP contribution in [0.25, 0.3) is 11.0 Å². The predicted molar refractivity (Wildman–Crippen MR) is 81.9 cm³/mol. The summed E-state index contributed by atoms with van der Waals surface area (Å²) in [6.07, 6.45) is 0. The van der Waals surface area contributed by atoms with Crippen LogP contribution in [0.2, 0.25) is 5.02 Å². The van der Waals surface area contributed by atoms with Gasteiger partial charge in [0.2, 0.25) is 5.91 Å². The second-order valence-corrected chi connectivity index (χ2v) is 6.74. The van der Waals surface area contributed by atoms with Crippen LogP contribution in [0.15, 0.2) is 12.1 Å². The highest BCUT2D eigenvalue weighted by Gasteiger charge is 2.28. The number of alkyl halides is 1. The maximum absolute atomic E-state index is 13.7. The molecule has 1 aromatic heterocycles. The minimum Gasteiger partial charge on any atom is -0.369 e. The van der Waals surface area contributed by atoms with Crippen molar-refractivity contribution in [3.05, 3.63) is 28.8 Å². The summed E-state index contributed by atoms with van der Waals surface area (Å²) in [5.41, 5.74) is 5.66. The third-order valence-corrected chi connectivity index (χ3v) is 3.88. The van der Waals surface area contributed by atoms with E-state index in [9.17, 15) is 9.18 Å². The second-order valence-electron chi connectivity index (χ2n) is 5.68. The first-order valence-corrected chi connectivity index (χ1v) is 7.24. The van der Waals surface area contributed by atoms with Gasteiger partial charge < -0.3 is 10.3 Å². The molecule has 1 amide bonds. The van der Waals surface area contributed by atoms with Crippen molar-refractivity contribution < 1.29 is 9.18 Å². The van der Waals surface area contributed by atoms with Crippen molar-refractivity contribution in [2.24, 2.45) is 11.1 Å². The number of amides is 1. The Balaban J connectivity index is 2.67. The van der Waals surface area contributed by atoms with Crippen LogP contribution in [0.5, 0.6) is 0 Å². The van der Waals surface area contributed by atoms with E-state index in [4.69, 9.17) is 28.9 Å². The van der Waals surface area contributed by atoms with Gasteiger partial charge in [-0.1, -0.05) is 11.6 Å². The molecule has 1 heterocycles. The highest BCUT2D eigenvalue weighted by Crippen LogP contribution is 2.31. The van der Waals surface area contributed by atoms with E-state index in [1.807, 2.05) is 0 Å². The van der Waals surface area contributed by atoms with Crippen LogP contribution >= 0.6 is 23.2 Å². The standard InChI is InChI=1S/C14H16Cl2FN3O/c1-7(15)12-19-10-4-8(16)9(17)5-11(10)20(12)6-14(2,3)13(18)21/h4-5,7H,6H2,1-3H3,(H2,18,21). The molecule has 2 N–H and O–H groups in total. The number of imidazole rings is 1. The van der Waals surface area contributed by atoms with Crippen LogP contribution in [-0.2, 0) is 11.3 Å². The Morgan fingerprint density at radius 2 is 2.14 bits per heavy atom. The second kappa shape index (κ2) is 5.46. The van der Waals surface area contributed by atoms with E-state index in [-0.39, 0.29) is 11.6 Å². The zero-order valence-electron chi connectivity index (χ0n) is 12.0. The Labute approximate surface area is 132 Å². The molecule has 114 valence electrons. The van der Waals surface area contributed by atoms with Gasteiger partial charge in [-0.05, 0) is 26.8 Å². The van der Waals surface area contributed by atoms with Gasteiger partial charge in [-0.25, -0.2) is 9.37 Å². The van der Waals surface area contributed by atoms with Crippen molar-refractivity contribution in [3.63, 3.8) is 0 Å². The smallest absolute Gasteiger partial charge is 0.224 e. The number of carbonyl (C=O) groups excluding carboxylic acids is 1. The maximum atomic E-state index is 13.7. The van der Waals surface area contributed by atoms with Crippen LogP contribution in [0.3, 0.4) is 0 Å². The molecule has 1 aromatic carbocycles. The van der Waals surface area contributed by atoms with Crippen molar-refractivity contribution in [2.45, 2.75) is 32.7 Å². The summed E-state index contributed by atoms with van der Waals surface area (Å²) in [5, 5.41) is -0.405. The Morgan fingerprint density at radius 1 is 1.52 bits per heavy atom. The van der Waals surface area contributed by atoms with Gasteiger partial charge in [0.15, 0.2) is 0 Å². The van der Waals surface area contributed by atoms with Crippen molar-refractivity contribution in [1.82, 2.24) is 9.55 Å². The molecule has 1 atom stereocenters. The number of carbonyl (C=O) groups is 1. The molecule has 1 unspecified atom stereocenters. The van der Waals surface area contributed by atoms with Gasteiger partial charge >= 0.3 is 0 Å². The number of fused-ring (bicyclic) bond motifs is 1. The summed E-state index contributed by atoms with van der Waals surface area (Å²) in [6, 6.07) is 2.74. The molecule has 21 heavy (non-hydrogen) atoms. The number of aromatic nitrogens is 2. The van der Waals surface area contributed by atoms with Crippen molar-refractivity contribution in [3.8, 4) is 0 Å². The fraction of sp³-hybridized carbons (Fsp3) is 0.429. The number of nitrogens with zero attached hydrogens (tertiary/aromatic N) is 2. The SMILES string of the molecule is CC(Cl)c1nc2cc(Cl)c(F)cc2n1CC(C)(C)C(N)=O. The summed E-state index contributed by atoms with van der Waals surface area (Å²) >= 11 is 11.9. The van der Waals surface area contributed by atoms with Crippen LogP contribution < -0.4 is 5.73 Å². The maximum Gasteiger partial charge on any atom is 0.224 e. The summed E-state index contributed by atoms with van der Waals surface area (Å²) in [5.74, 6) is -0.453. The fourth-order valence-electron chi connectivity index (χ4n) is 2.08. The average Bonchev–Trinajstić information content (AvgIpc) is 2.68. The Bertz CT molecular complexity index is 710. The van der Waals surface area contributed by atoms with Gasteiger partial charge in [-0.3, -0.25) is 4.79 Å². The van der Waals surface area contributed by atoms with E-state index in [2.05, 4.69) is 4.98 Å². The molecule has 0 saturated carbocycles. The van der Waals surface area contributed by atoms with E-state index in [0.717, 1.165) is 0 Å². The molecule has 0 fully saturated rings. The molecule has 7 heteroatoms. The predicted octanol–water partition coefficient (Wildman–Crippen LogP) is 3.64. The lowest BCUT2D eigenvalue weighted by Crippen LogP contribution is -2.35. The number of halogens is 3. The lowest BCUT2D eigenvalue weighted by atomic mass is 9.92. The molecule has 2 rings (SSSR count). The third kappa shape index (κ3) is 2.99. The number of primary amides is 1. The average molecular weight is 332 g/mol. The van der Waals surface area contributed by atoms with Crippen LogP contribution in [0, 0.1) is 11.2 Å². The summed E-state index contributed by atoms with van der Waals surface area (Å²) < 4.78 is 15.5. The lowest BCUT2D eigenvalue weighted by Gasteiger charge is -2.23. The molecule has 0 radical (unpaired) electrons. The highest BCUT2D eigenvalue weighted by molar-refractivity contribution is 6.31. The number of benzene rings is 1.